The van der Waals surface area contributed by atoms with Gasteiger partial charge in [0.25, 0.3) is 5.91 Å². The van der Waals surface area contributed by atoms with Crippen molar-refractivity contribution in [3.63, 3.8) is 0 Å². The molecule has 2 N–H and O–H groups in total. The largest absolute Gasteiger partial charge is 0.417 e. The molecule has 2 aromatic heterocycles. The van der Waals surface area contributed by atoms with Crippen LogP contribution in [0.2, 0.25) is 0 Å². The van der Waals surface area contributed by atoms with Gasteiger partial charge in [0.15, 0.2) is 0 Å². The molecule has 0 bridgehead atoms. The van der Waals surface area contributed by atoms with Crippen LogP contribution >= 0.6 is 0 Å². The van der Waals surface area contributed by atoms with Crippen LogP contribution in [0.1, 0.15) is 16.1 Å². The molecular formula is C18H16F3N5O. The van der Waals surface area contributed by atoms with E-state index in [2.05, 4.69) is 20.6 Å². The molecule has 6 nitrogen and oxygen atoms in total. The molecule has 27 heavy (non-hydrogen) atoms. The minimum atomic E-state index is -4.42. The SMILES string of the molecule is O=C(NCCNc1ccc(C(F)(F)F)cn1)c1cncn1-c1ccccc1. The Hall–Kier alpha value is -3.36. The average Bonchev–Trinajstić information content (AvgIpc) is 3.15. The van der Waals surface area contributed by atoms with E-state index in [0.717, 1.165) is 18.0 Å². The van der Waals surface area contributed by atoms with E-state index in [1.54, 1.807) is 10.9 Å². The zero-order valence-electron chi connectivity index (χ0n) is 14.1. The first kappa shape index (κ1) is 18.4. The third-order valence-electron chi connectivity index (χ3n) is 3.71. The molecule has 0 aliphatic carbocycles. The van der Waals surface area contributed by atoms with Crippen molar-refractivity contribution in [2.24, 2.45) is 0 Å². The molecule has 3 aromatic rings. The Morgan fingerprint density at radius 2 is 1.81 bits per heavy atom. The van der Waals surface area contributed by atoms with Crippen molar-refractivity contribution in [2.45, 2.75) is 6.18 Å². The van der Waals surface area contributed by atoms with Crippen LogP contribution < -0.4 is 10.6 Å². The van der Waals surface area contributed by atoms with E-state index in [1.807, 2.05) is 30.3 Å². The van der Waals surface area contributed by atoms with Crippen LogP contribution in [0.25, 0.3) is 5.69 Å². The number of hydrogen-bond donors (Lipinski definition) is 2. The monoisotopic (exact) mass is 375 g/mol. The number of carbonyl (C=O) groups is 1. The lowest BCUT2D eigenvalue weighted by Crippen LogP contribution is -2.30. The van der Waals surface area contributed by atoms with E-state index in [4.69, 9.17) is 0 Å². The number of alkyl halides is 3. The fourth-order valence-electron chi connectivity index (χ4n) is 2.38. The standard InChI is InChI=1S/C18H16F3N5O/c19-18(20,21)13-6-7-16(25-10-13)23-8-9-24-17(27)15-11-22-12-26(15)14-4-2-1-3-5-14/h1-7,10-12H,8-9H2,(H,23,25)(H,24,27). The normalized spacial score (nSPS) is 11.2. The predicted molar refractivity (Wildman–Crippen MR) is 93.6 cm³/mol. The number of amides is 1. The van der Waals surface area contributed by atoms with Gasteiger partial charge in [0.05, 0.1) is 18.1 Å². The molecule has 0 saturated heterocycles. The second-order valence-corrected chi connectivity index (χ2v) is 5.60. The fraction of sp³-hybridized carbons (Fsp3) is 0.167. The zero-order chi connectivity index (χ0) is 19.3. The molecule has 1 amide bonds. The zero-order valence-corrected chi connectivity index (χ0v) is 14.1. The molecule has 2 heterocycles. The van der Waals surface area contributed by atoms with Crippen molar-refractivity contribution in [3.05, 3.63) is 72.4 Å². The summed E-state index contributed by atoms with van der Waals surface area (Å²) < 4.78 is 39.1. The van der Waals surface area contributed by atoms with Gasteiger partial charge in [0.1, 0.15) is 11.5 Å². The number of pyridine rings is 1. The second kappa shape index (κ2) is 7.90. The Morgan fingerprint density at radius 1 is 1.04 bits per heavy atom. The number of benzene rings is 1. The van der Waals surface area contributed by atoms with Gasteiger partial charge >= 0.3 is 6.18 Å². The number of hydrogen-bond acceptors (Lipinski definition) is 4. The van der Waals surface area contributed by atoms with Crippen molar-refractivity contribution >= 4 is 11.7 Å². The smallest absolute Gasteiger partial charge is 0.368 e. The van der Waals surface area contributed by atoms with Gasteiger partial charge in [0.2, 0.25) is 0 Å². The van der Waals surface area contributed by atoms with Crippen LogP contribution in [0.5, 0.6) is 0 Å². The Balaban J connectivity index is 1.52. The number of para-hydroxylation sites is 1. The molecule has 0 aliphatic heterocycles. The lowest BCUT2D eigenvalue weighted by Gasteiger charge is -2.10. The number of rotatable bonds is 6. The van der Waals surface area contributed by atoms with E-state index in [-0.39, 0.29) is 12.5 Å². The Labute approximate surface area is 153 Å². The van der Waals surface area contributed by atoms with E-state index in [0.29, 0.717) is 18.1 Å². The average molecular weight is 375 g/mol. The Kier molecular flexibility index (Phi) is 5.39. The Bertz CT molecular complexity index is 891. The lowest BCUT2D eigenvalue weighted by atomic mass is 10.3. The quantitative estimate of drug-likeness (QED) is 0.650. The number of nitrogens with zero attached hydrogens (tertiary/aromatic N) is 3. The van der Waals surface area contributed by atoms with Gasteiger partial charge in [0, 0.05) is 25.0 Å². The lowest BCUT2D eigenvalue weighted by molar-refractivity contribution is -0.137. The van der Waals surface area contributed by atoms with E-state index in [1.165, 1.54) is 12.3 Å². The first-order valence-corrected chi connectivity index (χ1v) is 8.08. The summed E-state index contributed by atoms with van der Waals surface area (Å²) in [5.41, 5.74) is 0.386. The van der Waals surface area contributed by atoms with E-state index in [9.17, 15) is 18.0 Å². The summed E-state index contributed by atoms with van der Waals surface area (Å²) in [6.45, 7) is 0.574. The van der Waals surface area contributed by atoms with Crippen molar-refractivity contribution in [2.75, 3.05) is 18.4 Å². The third-order valence-corrected chi connectivity index (χ3v) is 3.71. The number of aromatic nitrogens is 3. The van der Waals surface area contributed by atoms with Gasteiger partial charge in [-0.25, -0.2) is 9.97 Å². The molecule has 0 unspecified atom stereocenters. The number of imidazole rings is 1. The van der Waals surface area contributed by atoms with Crippen molar-refractivity contribution < 1.29 is 18.0 Å². The summed E-state index contributed by atoms with van der Waals surface area (Å²) in [5.74, 6) is -0.00916. The van der Waals surface area contributed by atoms with Gasteiger partial charge in [-0.05, 0) is 24.3 Å². The van der Waals surface area contributed by atoms with Gasteiger partial charge in [-0.3, -0.25) is 9.36 Å². The Morgan fingerprint density at radius 3 is 2.48 bits per heavy atom. The molecule has 0 aliphatic rings. The van der Waals surface area contributed by atoms with Gasteiger partial charge < -0.3 is 10.6 Å². The molecule has 140 valence electrons. The number of carbonyl (C=O) groups excluding carboxylic acids is 1. The van der Waals surface area contributed by atoms with Crippen LogP contribution in [0.4, 0.5) is 19.0 Å². The van der Waals surface area contributed by atoms with Crippen LogP contribution in [0, 0.1) is 0 Å². The molecule has 3 rings (SSSR count). The molecule has 0 saturated carbocycles. The second-order valence-electron chi connectivity index (χ2n) is 5.60. The number of anilines is 1. The van der Waals surface area contributed by atoms with Gasteiger partial charge in [-0.1, -0.05) is 18.2 Å². The molecule has 0 radical (unpaired) electrons. The first-order valence-electron chi connectivity index (χ1n) is 8.08. The van der Waals surface area contributed by atoms with Crippen LogP contribution in [0.3, 0.4) is 0 Å². The maximum Gasteiger partial charge on any atom is 0.417 e. The molecule has 9 heteroatoms. The summed E-state index contributed by atoms with van der Waals surface area (Å²) in [4.78, 5) is 20.0. The van der Waals surface area contributed by atoms with Crippen LogP contribution in [-0.2, 0) is 6.18 Å². The molecule has 0 atom stereocenters. The van der Waals surface area contributed by atoms with Crippen molar-refractivity contribution in [1.29, 1.82) is 0 Å². The maximum atomic E-state index is 12.5. The molecular weight excluding hydrogens is 359 g/mol. The minimum absolute atomic E-state index is 0.265. The maximum absolute atomic E-state index is 12.5. The summed E-state index contributed by atoms with van der Waals surface area (Å²) in [7, 11) is 0. The van der Waals surface area contributed by atoms with Crippen LogP contribution in [0.15, 0.2) is 61.2 Å². The predicted octanol–water partition coefficient (Wildman–Crippen LogP) is 3.13. The minimum Gasteiger partial charge on any atom is -0.368 e. The number of halogens is 3. The molecule has 0 spiro atoms. The fourth-order valence-corrected chi connectivity index (χ4v) is 2.38. The molecule has 0 fully saturated rings. The highest BCUT2D eigenvalue weighted by molar-refractivity contribution is 5.93. The summed E-state index contributed by atoms with van der Waals surface area (Å²) in [6, 6.07) is 11.5. The highest BCUT2D eigenvalue weighted by Gasteiger charge is 2.30. The summed E-state index contributed by atoms with van der Waals surface area (Å²) >= 11 is 0. The molecule has 1 aromatic carbocycles. The number of nitrogens with one attached hydrogen (secondary N) is 2. The van der Waals surface area contributed by atoms with Crippen molar-refractivity contribution in [1.82, 2.24) is 19.9 Å². The first-order chi connectivity index (χ1) is 12.9. The summed E-state index contributed by atoms with van der Waals surface area (Å²) in [6.07, 6.45) is -0.637. The summed E-state index contributed by atoms with van der Waals surface area (Å²) in [5, 5.41) is 5.59. The van der Waals surface area contributed by atoms with Gasteiger partial charge in [-0.15, -0.1) is 0 Å². The van der Waals surface area contributed by atoms with Crippen LogP contribution in [-0.4, -0.2) is 33.5 Å². The van der Waals surface area contributed by atoms with Crippen molar-refractivity contribution in [3.8, 4) is 5.69 Å². The van der Waals surface area contributed by atoms with E-state index < -0.39 is 11.7 Å². The highest BCUT2D eigenvalue weighted by atomic mass is 19.4. The van der Waals surface area contributed by atoms with Gasteiger partial charge in [-0.2, -0.15) is 13.2 Å². The van der Waals surface area contributed by atoms with E-state index >= 15 is 0 Å². The topological polar surface area (TPSA) is 71.8 Å². The third kappa shape index (κ3) is 4.63. The highest BCUT2D eigenvalue weighted by Crippen LogP contribution is 2.28.